The van der Waals surface area contributed by atoms with Gasteiger partial charge in [-0.25, -0.2) is 4.98 Å². The van der Waals surface area contributed by atoms with Gasteiger partial charge in [0.15, 0.2) is 0 Å². The Kier molecular flexibility index (Phi) is 4.12. The van der Waals surface area contributed by atoms with E-state index < -0.39 is 0 Å². The maximum atomic E-state index is 5.70. The first-order chi connectivity index (χ1) is 8.29. The topological polar surface area (TPSA) is 48.1 Å². The summed E-state index contributed by atoms with van der Waals surface area (Å²) in [5.74, 6) is 0.670. The van der Waals surface area contributed by atoms with E-state index in [-0.39, 0.29) is 0 Å². The normalized spacial score (nSPS) is 10.5. The third kappa shape index (κ3) is 3.28. The lowest BCUT2D eigenvalue weighted by molar-refractivity contribution is 0.306. The number of nitrogens with two attached hydrogens (primary N) is 1. The molecule has 0 unspecified atom stereocenters. The highest BCUT2D eigenvalue weighted by Gasteiger charge is 2.04. The van der Waals surface area contributed by atoms with Gasteiger partial charge in [0.25, 0.3) is 0 Å². The molecule has 2 aromatic rings. The van der Waals surface area contributed by atoms with E-state index in [1.807, 2.05) is 19.1 Å². The number of ether oxygens (including phenoxy) is 1. The fourth-order valence-corrected chi connectivity index (χ4v) is 2.24. The molecular weight excluding hydrogens is 232 g/mol. The number of nitrogens with zero attached hydrogens (tertiary/aromatic N) is 1. The second-order valence-corrected chi connectivity index (χ2v) is 4.83. The van der Waals surface area contributed by atoms with E-state index >= 15 is 0 Å². The predicted molar refractivity (Wildman–Crippen MR) is 70.4 cm³/mol. The van der Waals surface area contributed by atoms with Crippen LogP contribution < -0.4 is 10.5 Å². The Balaban J connectivity index is 1.96. The van der Waals surface area contributed by atoms with Crippen molar-refractivity contribution >= 4 is 11.3 Å². The van der Waals surface area contributed by atoms with Crippen molar-refractivity contribution in [2.24, 2.45) is 5.73 Å². The van der Waals surface area contributed by atoms with E-state index in [4.69, 9.17) is 10.5 Å². The smallest absolute Gasteiger partial charge is 0.218 e. The van der Waals surface area contributed by atoms with E-state index in [1.54, 1.807) is 11.3 Å². The van der Waals surface area contributed by atoms with Crippen LogP contribution in [0.2, 0.25) is 0 Å². The van der Waals surface area contributed by atoms with Gasteiger partial charge in [0, 0.05) is 29.1 Å². The van der Waals surface area contributed by atoms with Gasteiger partial charge in [0.2, 0.25) is 5.88 Å². The fourth-order valence-electron chi connectivity index (χ4n) is 1.55. The van der Waals surface area contributed by atoms with Crippen LogP contribution >= 0.6 is 11.3 Å². The molecule has 0 saturated carbocycles. The molecule has 0 saturated heterocycles. The Morgan fingerprint density at radius 1 is 1.35 bits per heavy atom. The first-order valence-electron chi connectivity index (χ1n) is 5.61. The molecule has 17 heavy (non-hydrogen) atoms. The number of rotatable bonds is 5. The zero-order valence-corrected chi connectivity index (χ0v) is 10.7. The molecule has 4 heteroatoms. The third-order valence-electron chi connectivity index (χ3n) is 2.47. The zero-order chi connectivity index (χ0) is 12.1. The summed E-state index contributed by atoms with van der Waals surface area (Å²) < 4.78 is 5.70. The molecule has 0 atom stereocenters. The molecule has 0 fully saturated rings. The molecule has 90 valence electrons. The Labute approximate surface area is 105 Å². The van der Waals surface area contributed by atoms with Crippen LogP contribution in [0.3, 0.4) is 0 Å². The van der Waals surface area contributed by atoms with Gasteiger partial charge in [0.05, 0.1) is 6.61 Å². The van der Waals surface area contributed by atoms with Crippen LogP contribution in [0.1, 0.15) is 16.1 Å². The van der Waals surface area contributed by atoms with Crippen molar-refractivity contribution in [2.45, 2.75) is 19.9 Å². The number of thiophene rings is 1. The first kappa shape index (κ1) is 12.1. The van der Waals surface area contributed by atoms with Gasteiger partial charge >= 0.3 is 0 Å². The van der Waals surface area contributed by atoms with E-state index in [0.29, 0.717) is 19.0 Å². The lowest BCUT2D eigenvalue weighted by Crippen LogP contribution is -2.07. The van der Waals surface area contributed by atoms with Crippen LogP contribution in [0, 0.1) is 6.92 Å². The van der Waals surface area contributed by atoms with Crippen LogP contribution in [0.25, 0.3) is 0 Å². The lowest BCUT2D eigenvalue weighted by Gasteiger charge is -2.09. The van der Waals surface area contributed by atoms with Crippen LogP contribution in [-0.2, 0) is 13.0 Å². The SMILES string of the molecule is Cc1ccc(CN)c(OCCc2cccs2)n1. The Hall–Kier alpha value is -1.39. The number of pyridine rings is 1. The predicted octanol–water partition coefficient (Wildman–Crippen LogP) is 2.53. The lowest BCUT2D eigenvalue weighted by atomic mass is 10.2. The average Bonchev–Trinajstić information content (AvgIpc) is 2.82. The van der Waals surface area contributed by atoms with E-state index in [1.165, 1.54) is 4.88 Å². The molecule has 0 aliphatic carbocycles. The molecule has 0 amide bonds. The summed E-state index contributed by atoms with van der Waals surface area (Å²) in [6.45, 7) is 3.05. The molecule has 0 bridgehead atoms. The minimum atomic E-state index is 0.460. The minimum absolute atomic E-state index is 0.460. The highest BCUT2D eigenvalue weighted by Crippen LogP contribution is 2.16. The maximum absolute atomic E-state index is 5.70. The van der Waals surface area contributed by atoms with Gasteiger partial charge in [-0.3, -0.25) is 0 Å². The van der Waals surface area contributed by atoms with Crippen LogP contribution in [0.4, 0.5) is 0 Å². The van der Waals surface area contributed by atoms with E-state index in [2.05, 4.69) is 22.5 Å². The molecule has 0 aromatic carbocycles. The summed E-state index contributed by atoms with van der Waals surface area (Å²) in [4.78, 5) is 5.69. The van der Waals surface area contributed by atoms with Crippen LogP contribution in [-0.4, -0.2) is 11.6 Å². The van der Waals surface area contributed by atoms with Crippen LogP contribution in [0.15, 0.2) is 29.6 Å². The number of aryl methyl sites for hydroxylation is 1. The molecule has 3 nitrogen and oxygen atoms in total. The summed E-state index contributed by atoms with van der Waals surface area (Å²) in [5, 5.41) is 2.07. The monoisotopic (exact) mass is 248 g/mol. The fraction of sp³-hybridized carbons (Fsp3) is 0.308. The van der Waals surface area contributed by atoms with Crippen molar-refractivity contribution in [3.8, 4) is 5.88 Å². The molecule has 0 spiro atoms. The van der Waals surface area contributed by atoms with Crippen LogP contribution in [0.5, 0.6) is 5.88 Å². The van der Waals surface area contributed by atoms with Gasteiger partial charge in [-0.1, -0.05) is 12.1 Å². The molecular formula is C13H16N2OS. The molecule has 2 heterocycles. The summed E-state index contributed by atoms with van der Waals surface area (Å²) in [6, 6.07) is 8.09. The van der Waals surface area contributed by atoms with Crippen molar-refractivity contribution < 1.29 is 4.74 Å². The maximum Gasteiger partial charge on any atom is 0.218 e. The van der Waals surface area contributed by atoms with Crippen molar-refractivity contribution in [1.29, 1.82) is 0 Å². The Morgan fingerprint density at radius 2 is 2.24 bits per heavy atom. The van der Waals surface area contributed by atoms with E-state index in [0.717, 1.165) is 17.7 Å². The summed E-state index contributed by atoms with van der Waals surface area (Å²) >= 11 is 1.75. The summed E-state index contributed by atoms with van der Waals surface area (Å²) in [6.07, 6.45) is 0.914. The van der Waals surface area contributed by atoms with Gasteiger partial charge in [-0.05, 0) is 24.4 Å². The van der Waals surface area contributed by atoms with Gasteiger partial charge < -0.3 is 10.5 Å². The second-order valence-electron chi connectivity index (χ2n) is 3.80. The van der Waals surface area contributed by atoms with Crippen molar-refractivity contribution in [2.75, 3.05) is 6.61 Å². The largest absolute Gasteiger partial charge is 0.477 e. The van der Waals surface area contributed by atoms with Gasteiger partial charge in [-0.2, -0.15) is 0 Å². The quantitative estimate of drug-likeness (QED) is 0.884. The Bertz CT molecular complexity index is 468. The highest BCUT2D eigenvalue weighted by molar-refractivity contribution is 7.09. The number of hydrogen-bond donors (Lipinski definition) is 1. The summed E-state index contributed by atoms with van der Waals surface area (Å²) in [7, 11) is 0. The standard InChI is InChI=1S/C13H16N2OS/c1-10-4-5-11(9-14)13(15-10)16-7-6-12-3-2-8-17-12/h2-5,8H,6-7,9,14H2,1H3. The van der Waals surface area contributed by atoms with Crippen molar-refractivity contribution in [3.05, 3.63) is 45.8 Å². The average molecular weight is 248 g/mol. The zero-order valence-electron chi connectivity index (χ0n) is 9.85. The summed E-state index contributed by atoms with van der Waals surface area (Å²) in [5.41, 5.74) is 7.56. The van der Waals surface area contributed by atoms with Crippen molar-refractivity contribution in [1.82, 2.24) is 4.98 Å². The molecule has 2 N–H and O–H groups in total. The van der Waals surface area contributed by atoms with Gasteiger partial charge in [-0.15, -0.1) is 11.3 Å². The van der Waals surface area contributed by atoms with Gasteiger partial charge in [0.1, 0.15) is 0 Å². The van der Waals surface area contributed by atoms with E-state index in [9.17, 15) is 0 Å². The molecule has 2 aromatic heterocycles. The highest BCUT2D eigenvalue weighted by atomic mass is 32.1. The molecule has 0 aliphatic rings. The molecule has 0 radical (unpaired) electrons. The first-order valence-corrected chi connectivity index (χ1v) is 6.49. The third-order valence-corrected chi connectivity index (χ3v) is 3.40. The minimum Gasteiger partial charge on any atom is -0.477 e. The number of aromatic nitrogens is 1. The molecule has 0 aliphatic heterocycles. The second kappa shape index (κ2) is 5.80. The number of hydrogen-bond acceptors (Lipinski definition) is 4. The van der Waals surface area contributed by atoms with Crippen molar-refractivity contribution in [3.63, 3.8) is 0 Å². The molecule has 2 rings (SSSR count). The Morgan fingerprint density at radius 3 is 2.94 bits per heavy atom.